The van der Waals surface area contributed by atoms with E-state index in [1.807, 2.05) is 40.3 Å². The Labute approximate surface area is 188 Å². The smallest absolute Gasteiger partial charge is 0.227 e. The summed E-state index contributed by atoms with van der Waals surface area (Å²) in [5.74, 6) is 1.29. The summed E-state index contributed by atoms with van der Waals surface area (Å²) in [5, 5.41) is 11.5. The van der Waals surface area contributed by atoms with Crippen molar-refractivity contribution >= 4 is 22.9 Å². The molecule has 0 aromatic carbocycles. The molecular formula is C22H32N10. The van der Waals surface area contributed by atoms with Gasteiger partial charge in [0.1, 0.15) is 0 Å². The Morgan fingerprint density at radius 3 is 2.81 bits per heavy atom. The van der Waals surface area contributed by atoms with E-state index in [2.05, 4.69) is 50.7 Å². The van der Waals surface area contributed by atoms with Gasteiger partial charge in [-0.2, -0.15) is 15.1 Å². The number of anilines is 2. The topological polar surface area (TPSA) is 103 Å². The van der Waals surface area contributed by atoms with Gasteiger partial charge in [0.05, 0.1) is 18.3 Å². The van der Waals surface area contributed by atoms with Crippen molar-refractivity contribution in [2.75, 3.05) is 10.6 Å². The van der Waals surface area contributed by atoms with Gasteiger partial charge in [0.25, 0.3) is 0 Å². The van der Waals surface area contributed by atoms with E-state index >= 15 is 0 Å². The molecule has 4 heterocycles. The van der Waals surface area contributed by atoms with Crippen molar-refractivity contribution in [1.29, 1.82) is 0 Å². The zero-order valence-electron chi connectivity index (χ0n) is 19.3. The number of aryl methyl sites for hydroxylation is 3. The zero-order valence-corrected chi connectivity index (χ0v) is 19.3. The van der Waals surface area contributed by atoms with Gasteiger partial charge < -0.3 is 19.8 Å². The number of nitrogens with zero attached hydrogens (tertiary/aromatic N) is 8. The van der Waals surface area contributed by atoms with Crippen LogP contribution in [0.1, 0.15) is 44.4 Å². The summed E-state index contributed by atoms with van der Waals surface area (Å²) in [6.45, 7) is 8.72. The summed E-state index contributed by atoms with van der Waals surface area (Å²) in [4.78, 5) is 18.0. The second kappa shape index (κ2) is 9.80. The quantitative estimate of drug-likeness (QED) is 0.347. The highest BCUT2D eigenvalue weighted by atomic mass is 15.3. The molecule has 4 aromatic rings. The maximum atomic E-state index is 4.73. The van der Waals surface area contributed by atoms with E-state index in [4.69, 9.17) is 4.98 Å². The molecule has 10 nitrogen and oxygen atoms in total. The van der Waals surface area contributed by atoms with Crippen LogP contribution in [0.2, 0.25) is 0 Å². The van der Waals surface area contributed by atoms with Crippen LogP contribution in [0.4, 0.5) is 11.8 Å². The fourth-order valence-electron chi connectivity index (χ4n) is 3.72. The molecule has 2 N–H and O–H groups in total. The van der Waals surface area contributed by atoms with Crippen molar-refractivity contribution < 1.29 is 0 Å². The molecule has 0 saturated carbocycles. The standard InChI is InChI=1S/C22H32N10/c1-5-6-7-9-32-13-18(17(3)29-32)11-24-22-27-20(19-21(28-22)30(4)15-25-19)26-16(2)12-31-10-8-23-14-31/h8,10,13-16H,5-7,9,11-12H2,1-4H3,(H2,24,26,27,28). The van der Waals surface area contributed by atoms with Crippen LogP contribution < -0.4 is 10.6 Å². The highest BCUT2D eigenvalue weighted by Crippen LogP contribution is 2.22. The molecule has 0 spiro atoms. The second-order valence-electron chi connectivity index (χ2n) is 8.29. The molecule has 0 saturated heterocycles. The molecule has 0 aliphatic carbocycles. The average Bonchev–Trinajstić information content (AvgIpc) is 3.48. The molecule has 10 heteroatoms. The van der Waals surface area contributed by atoms with E-state index in [1.165, 1.54) is 12.8 Å². The van der Waals surface area contributed by atoms with Crippen molar-refractivity contribution in [3.05, 3.63) is 42.5 Å². The van der Waals surface area contributed by atoms with Crippen LogP contribution in [0.5, 0.6) is 0 Å². The van der Waals surface area contributed by atoms with Gasteiger partial charge in [0.2, 0.25) is 5.95 Å². The van der Waals surface area contributed by atoms with Crippen LogP contribution in [0.25, 0.3) is 11.2 Å². The monoisotopic (exact) mass is 436 g/mol. The highest BCUT2D eigenvalue weighted by molar-refractivity contribution is 5.84. The molecular weight excluding hydrogens is 404 g/mol. The molecule has 0 amide bonds. The van der Waals surface area contributed by atoms with Crippen molar-refractivity contribution in [3.63, 3.8) is 0 Å². The molecule has 0 aliphatic rings. The van der Waals surface area contributed by atoms with E-state index in [-0.39, 0.29) is 6.04 Å². The minimum atomic E-state index is 0.140. The minimum Gasteiger partial charge on any atom is -0.364 e. The molecule has 4 rings (SSSR count). The lowest BCUT2D eigenvalue weighted by atomic mass is 10.2. The lowest BCUT2D eigenvalue weighted by Crippen LogP contribution is -2.22. The molecule has 1 unspecified atom stereocenters. The third-order valence-electron chi connectivity index (χ3n) is 5.46. The van der Waals surface area contributed by atoms with Crippen molar-refractivity contribution in [1.82, 2.24) is 38.9 Å². The lowest BCUT2D eigenvalue weighted by molar-refractivity contribution is 0.550. The molecule has 4 aromatic heterocycles. The fourth-order valence-corrected chi connectivity index (χ4v) is 3.72. The van der Waals surface area contributed by atoms with Gasteiger partial charge in [-0.25, -0.2) is 9.97 Å². The predicted molar refractivity (Wildman–Crippen MR) is 125 cm³/mol. The van der Waals surface area contributed by atoms with Crippen LogP contribution in [0, 0.1) is 6.92 Å². The molecule has 0 radical (unpaired) electrons. The number of hydrogen-bond acceptors (Lipinski definition) is 7. The number of imidazole rings is 2. The van der Waals surface area contributed by atoms with Crippen molar-refractivity contribution in [2.24, 2.45) is 7.05 Å². The summed E-state index contributed by atoms with van der Waals surface area (Å²) < 4.78 is 5.98. The van der Waals surface area contributed by atoms with Crippen LogP contribution in [0.15, 0.2) is 31.2 Å². The first-order chi connectivity index (χ1) is 15.5. The first-order valence-electron chi connectivity index (χ1n) is 11.2. The van der Waals surface area contributed by atoms with E-state index in [0.717, 1.165) is 47.7 Å². The van der Waals surface area contributed by atoms with Crippen LogP contribution in [-0.4, -0.2) is 44.9 Å². The van der Waals surface area contributed by atoms with Gasteiger partial charge in [-0.05, 0) is 20.3 Å². The predicted octanol–water partition coefficient (Wildman–Crippen LogP) is 3.37. The number of rotatable bonds is 11. The Morgan fingerprint density at radius 2 is 2.03 bits per heavy atom. The molecule has 170 valence electrons. The SMILES string of the molecule is CCCCCn1cc(CNc2nc(NC(C)Cn3ccnc3)c3ncn(C)c3n2)c(C)n1. The van der Waals surface area contributed by atoms with Gasteiger partial charge in [0, 0.05) is 56.9 Å². The lowest BCUT2D eigenvalue weighted by Gasteiger charge is -2.16. The first-order valence-corrected chi connectivity index (χ1v) is 11.2. The molecule has 0 aliphatic heterocycles. The van der Waals surface area contributed by atoms with E-state index in [9.17, 15) is 0 Å². The second-order valence-corrected chi connectivity index (χ2v) is 8.29. The fraction of sp³-hybridized carbons (Fsp3) is 0.500. The van der Waals surface area contributed by atoms with Gasteiger partial charge in [-0.3, -0.25) is 4.68 Å². The summed E-state index contributed by atoms with van der Waals surface area (Å²) in [7, 11) is 1.94. The van der Waals surface area contributed by atoms with E-state index < -0.39 is 0 Å². The Bertz CT molecular complexity index is 1140. The third kappa shape index (κ3) is 5.06. The number of unbranched alkanes of at least 4 members (excludes halogenated alkanes) is 2. The van der Waals surface area contributed by atoms with Crippen LogP contribution >= 0.6 is 0 Å². The Morgan fingerprint density at radius 1 is 1.16 bits per heavy atom. The maximum Gasteiger partial charge on any atom is 0.227 e. The Kier molecular flexibility index (Phi) is 6.67. The zero-order chi connectivity index (χ0) is 22.5. The van der Waals surface area contributed by atoms with E-state index in [0.29, 0.717) is 12.5 Å². The minimum absolute atomic E-state index is 0.140. The van der Waals surface area contributed by atoms with Crippen LogP contribution in [-0.2, 0) is 26.7 Å². The van der Waals surface area contributed by atoms with Gasteiger partial charge >= 0.3 is 0 Å². The van der Waals surface area contributed by atoms with Gasteiger partial charge in [0.15, 0.2) is 17.0 Å². The summed E-state index contributed by atoms with van der Waals surface area (Å²) in [6, 6.07) is 0.140. The summed E-state index contributed by atoms with van der Waals surface area (Å²) in [6.07, 6.45) is 13.0. The average molecular weight is 437 g/mol. The maximum absolute atomic E-state index is 4.73. The molecule has 0 bridgehead atoms. The number of hydrogen-bond donors (Lipinski definition) is 2. The summed E-state index contributed by atoms with van der Waals surface area (Å²) >= 11 is 0. The Hall–Kier alpha value is -3.43. The van der Waals surface area contributed by atoms with Gasteiger partial charge in [-0.1, -0.05) is 19.8 Å². The number of fused-ring (bicyclic) bond motifs is 1. The van der Waals surface area contributed by atoms with Crippen molar-refractivity contribution in [2.45, 2.75) is 65.7 Å². The highest BCUT2D eigenvalue weighted by Gasteiger charge is 2.15. The Balaban J connectivity index is 1.49. The number of aromatic nitrogens is 8. The molecule has 32 heavy (non-hydrogen) atoms. The molecule has 0 fully saturated rings. The van der Waals surface area contributed by atoms with E-state index in [1.54, 1.807) is 12.5 Å². The number of nitrogens with one attached hydrogen (secondary N) is 2. The summed E-state index contributed by atoms with van der Waals surface area (Å²) in [5.41, 5.74) is 3.73. The normalized spacial score (nSPS) is 12.4. The van der Waals surface area contributed by atoms with Crippen molar-refractivity contribution in [3.8, 4) is 0 Å². The third-order valence-corrected chi connectivity index (χ3v) is 5.46. The van der Waals surface area contributed by atoms with Gasteiger partial charge in [-0.15, -0.1) is 0 Å². The van der Waals surface area contributed by atoms with Crippen LogP contribution in [0.3, 0.4) is 0 Å². The molecule has 1 atom stereocenters. The largest absolute Gasteiger partial charge is 0.364 e. The first kappa shape index (κ1) is 21.8.